The summed E-state index contributed by atoms with van der Waals surface area (Å²) in [6.45, 7) is 1.86. The quantitative estimate of drug-likeness (QED) is 0.485. The van der Waals surface area contributed by atoms with E-state index in [4.69, 9.17) is 9.47 Å². The molecule has 0 radical (unpaired) electrons. The molecule has 3 aromatic rings. The first-order chi connectivity index (χ1) is 13.5. The smallest absolute Gasteiger partial charge is 0.262 e. The highest BCUT2D eigenvalue weighted by Crippen LogP contribution is 2.26. The average molecular weight is 400 g/mol. The van der Waals surface area contributed by atoms with E-state index in [2.05, 4.69) is 15.5 Å². The number of benzene rings is 1. The minimum absolute atomic E-state index is 0.164. The molecule has 0 aliphatic rings. The van der Waals surface area contributed by atoms with Gasteiger partial charge in [0.05, 0.1) is 32.1 Å². The Kier molecular flexibility index (Phi) is 6.05. The second-order valence-electron chi connectivity index (χ2n) is 5.87. The number of methoxy groups -OCH3 is 2. The van der Waals surface area contributed by atoms with Crippen molar-refractivity contribution in [2.24, 2.45) is 5.10 Å². The summed E-state index contributed by atoms with van der Waals surface area (Å²) in [5, 5.41) is 4.46. The lowest BCUT2D eigenvalue weighted by Crippen LogP contribution is -2.29. The fourth-order valence-corrected chi connectivity index (χ4v) is 3.52. The molecule has 0 aliphatic carbocycles. The van der Waals surface area contributed by atoms with Crippen LogP contribution in [0.4, 0.5) is 0 Å². The van der Waals surface area contributed by atoms with E-state index in [1.165, 1.54) is 28.4 Å². The van der Waals surface area contributed by atoms with Crippen LogP contribution in [0.5, 0.6) is 11.5 Å². The van der Waals surface area contributed by atoms with Crippen LogP contribution in [0.15, 0.2) is 40.5 Å². The molecule has 0 fully saturated rings. The van der Waals surface area contributed by atoms with E-state index in [0.717, 1.165) is 16.9 Å². The molecule has 0 aliphatic heterocycles. The van der Waals surface area contributed by atoms with Crippen LogP contribution < -0.4 is 20.5 Å². The van der Waals surface area contributed by atoms with Crippen molar-refractivity contribution < 1.29 is 14.3 Å². The first kappa shape index (κ1) is 19.6. The van der Waals surface area contributed by atoms with Crippen molar-refractivity contribution in [2.45, 2.75) is 19.9 Å². The highest BCUT2D eigenvalue weighted by Gasteiger charge is 2.10. The van der Waals surface area contributed by atoms with E-state index in [1.807, 2.05) is 13.0 Å². The molecule has 0 saturated heterocycles. The van der Waals surface area contributed by atoms with Gasteiger partial charge in [0.25, 0.3) is 11.5 Å². The monoisotopic (exact) mass is 400 g/mol. The van der Waals surface area contributed by atoms with Crippen LogP contribution >= 0.6 is 11.3 Å². The zero-order valence-corrected chi connectivity index (χ0v) is 16.6. The Morgan fingerprint density at radius 1 is 1.29 bits per heavy atom. The number of hydrogen-bond acceptors (Lipinski definition) is 7. The number of carbonyl (C=O) groups excluding carboxylic acids is 1. The molecule has 9 heteroatoms. The molecule has 0 atom stereocenters. The molecule has 0 unspecified atom stereocenters. The van der Waals surface area contributed by atoms with Gasteiger partial charge in [0.2, 0.25) is 0 Å². The van der Waals surface area contributed by atoms with Crippen LogP contribution in [0.2, 0.25) is 0 Å². The van der Waals surface area contributed by atoms with Crippen molar-refractivity contribution in [2.75, 3.05) is 14.2 Å². The van der Waals surface area contributed by atoms with Crippen molar-refractivity contribution in [3.05, 3.63) is 51.4 Å². The van der Waals surface area contributed by atoms with Gasteiger partial charge in [-0.3, -0.25) is 14.2 Å². The van der Waals surface area contributed by atoms with Crippen molar-refractivity contribution in [3.8, 4) is 11.5 Å². The number of rotatable bonds is 7. The standard InChI is InChI=1S/C19H20N4O4S/c1-4-13-8-14-18(28-13)20-11-23(19(14)25)10-17(24)22-21-9-12-5-6-15(26-2)16(7-12)27-3/h5-9,11H,4,10H2,1-3H3,(H,22,24)/b21-9-. The molecule has 28 heavy (non-hydrogen) atoms. The summed E-state index contributed by atoms with van der Waals surface area (Å²) in [6.07, 6.45) is 3.71. The molecule has 2 heterocycles. The van der Waals surface area contributed by atoms with Crippen molar-refractivity contribution in [1.82, 2.24) is 15.0 Å². The van der Waals surface area contributed by atoms with Crippen LogP contribution in [0.1, 0.15) is 17.4 Å². The topological polar surface area (TPSA) is 94.8 Å². The average Bonchev–Trinajstić information content (AvgIpc) is 3.14. The molecule has 2 aromatic heterocycles. The number of nitrogens with one attached hydrogen (secondary N) is 1. The van der Waals surface area contributed by atoms with Gasteiger partial charge in [-0.15, -0.1) is 11.3 Å². The number of amides is 1. The Morgan fingerprint density at radius 2 is 2.07 bits per heavy atom. The zero-order chi connectivity index (χ0) is 20.1. The SMILES string of the molecule is CCc1cc2c(=O)n(CC(=O)N/N=C\c3ccc(OC)c(OC)c3)cnc2s1. The molecular weight excluding hydrogens is 380 g/mol. The van der Waals surface area contributed by atoms with Gasteiger partial charge in [-0.25, -0.2) is 10.4 Å². The van der Waals surface area contributed by atoms with Gasteiger partial charge in [-0.2, -0.15) is 5.10 Å². The second-order valence-corrected chi connectivity index (χ2v) is 6.99. The Bertz CT molecular complexity index is 1090. The third-order valence-electron chi connectivity index (χ3n) is 4.04. The highest BCUT2D eigenvalue weighted by molar-refractivity contribution is 7.18. The summed E-state index contributed by atoms with van der Waals surface area (Å²) < 4.78 is 11.7. The molecule has 1 N–H and O–H groups in total. The number of hydrazone groups is 1. The molecule has 0 bridgehead atoms. The van der Waals surface area contributed by atoms with Crippen LogP contribution in [0, 0.1) is 0 Å². The maximum Gasteiger partial charge on any atom is 0.262 e. The number of carbonyl (C=O) groups is 1. The van der Waals surface area contributed by atoms with Gasteiger partial charge in [-0.1, -0.05) is 6.92 Å². The Morgan fingerprint density at radius 3 is 2.79 bits per heavy atom. The van der Waals surface area contributed by atoms with E-state index in [0.29, 0.717) is 21.7 Å². The maximum atomic E-state index is 12.5. The minimum Gasteiger partial charge on any atom is -0.493 e. The first-order valence-electron chi connectivity index (χ1n) is 8.57. The minimum atomic E-state index is -0.425. The summed E-state index contributed by atoms with van der Waals surface area (Å²) in [7, 11) is 3.10. The number of fused-ring (bicyclic) bond motifs is 1. The van der Waals surface area contributed by atoms with Gasteiger partial charge in [-0.05, 0) is 36.2 Å². The van der Waals surface area contributed by atoms with Gasteiger partial charge in [0, 0.05) is 4.88 Å². The number of hydrogen-bond donors (Lipinski definition) is 1. The summed E-state index contributed by atoms with van der Waals surface area (Å²) in [5.41, 5.74) is 2.90. The van der Waals surface area contributed by atoms with Gasteiger partial charge < -0.3 is 9.47 Å². The van der Waals surface area contributed by atoms with Gasteiger partial charge in [0.1, 0.15) is 11.4 Å². The fourth-order valence-electron chi connectivity index (χ4n) is 2.60. The normalized spacial score (nSPS) is 11.1. The lowest BCUT2D eigenvalue weighted by Gasteiger charge is -2.07. The molecule has 146 valence electrons. The summed E-state index contributed by atoms with van der Waals surface area (Å²) in [6, 6.07) is 7.09. The Balaban J connectivity index is 1.67. The first-order valence-corrected chi connectivity index (χ1v) is 9.39. The van der Waals surface area contributed by atoms with E-state index in [1.54, 1.807) is 32.4 Å². The largest absolute Gasteiger partial charge is 0.493 e. The zero-order valence-electron chi connectivity index (χ0n) is 15.8. The van der Waals surface area contributed by atoms with Crippen molar-refractivity contribution in [1.29, 1.82) is 0 Å². The second kappa shape index (κ2) is 8.66. The molecule has 1 aromatic carbocycles. The number of aromatic nitrogens is 2. The Hall–Kier alpha value is -3.20. The van der Waals surface area contributed by atoms with E-state index >= 15 is 0 Å². The summed E-state index contributed by atoms with van der Waals surface area (Å²) >= 11 is 1.49. The van der Waals surface area contributed by atoms with E-state index in [9.17, 15) is 9.59 Å². The third kappa shape index (κ3) is 4.20. The lowest BCUT2D eigenvalue weighted by molar-refractivity contribution is -0.121. The van der Waals surface area contributed by atoms with E-state index in [-0.39, 0.29) is 12.1 Å². The Labute approximate surface area is 165 Å². The van der Waals surface area contributed by atoms with Crippen LogP contribution in [0.25, 0.3) is 10.2 Å². The maximum absolute atomic E-state index is 12.5. The number of nitrogens with zero attached hydrogens (tertiary/aromatic N) is 3. The van der Waals surface area contributed by atoms with Gasteiger partial charge in [0.15, 0.2) is 11.5 Å². The van der Waals surface area contributed by atoms with Crippen LogP contribution in [0.3, 0.4) is 0 Å². The molecule has 8 nitrogen and oxygen atoms in total. The lowest BCUT2D eigenvalue weighted by atomic mass is 10.2. The number of aryl methyl sites for hydroxylation is 1. The summed E-state index contributed by atoms with van der Waals surface area (Å²) in [4.78, 5) is 30.7. The van der Waals surface area contributed by atoms with Crippen molar-refractivity contribution in [3.63, 3.8) is 0 Å². The van der Waals surface area contributed by atoms with E-state index < -0.39 is 5.91 Å². The summed E-state index contributed by atoms with van der Waals surface area (Å²) in [5.74, 6) is 0.738. The van der Waals surface area contributed by atoms with Crippen LogP contribution in [-0.2, 0) is 17.8 Å². The molecule has 3 rings (SSSR count). The highest BCUT2D eigenvalue weighted by atomic mass is 32.1. The van der Waals surface area contributed by atoms with Crippen LogP contribution in [-0.4, -0.2) is 35.9 Å². The van der Waals surface area contributed by atoms with Crippen molar-refractivity contribution >= 4 is 33.7 Å². The molecule has 0 spiro atoms. The number of ether oxygens (including phenoxy) is 2. The van der Waals surface area contributed by atoms with Gasteiger partial charge >= 0.3 is 0 Å². The molecule has 0 saturated carbocycles. The predicted molar refractivity (Wildman–Crippen MR) is 109 cm³/mol. The fraction of sp³-hybridized carbons (Fsp3) is 0.263. The molecular formula is C19H20N4O4S. The molecule has 1 amide bonds. The predicted octanol–water partition coefficient (Wildman–Crippen LogP) is 2.19. The third-order valence-corrected chi connectivity index (χ3v) is 5.23. The number of thiophene rings is 1.